The normalized spacial score (nSPS) is 13.5. The molecule has 0 radical (unpaired) electrons. The lowest BCUT2D eigenvalue weighted by Gasteiger charge is -2.19. The Morgan fingerprint density at radius 2 is 1.95 bits per heavy atom. The molecule has 108 valence electrons. The third kappa shape index (κ3) is 2.82. The maximum atomic E-state index is 12.6. The molecule has 1 heterocycles. The van der Waals surface area contributed by atoms with Crippen molar-refractivity contribution in [2.24, 2.45) is 5.84 Å². The third-order valence-electron chi connectivity index (χ3n) is 3.03. The van der Waals surface area contributed by atoms with Gasteiger partial charge in [0, 0.05) is 5.56 Å². The third-order valence-corrected chi connectivity index (χ3v) is 3.34. The van der Waals surface area contributed by atoms with E-state index < -0.39 is 17.8 Å². The van der Waals surface area contributed by atoms with E-state index in [1.165, 1.54) is 12.3 Å². The van der Waals surface area contributed by atoms with Crippen LogP contribution in [0.25, 0.3) is 0 Å². The number of nitrogens with two attached hydrogens (primary N) is 1. The molecular weight excluding hydrogens is 293 g/mol. The van der Waals surface area contributed by atoms with Gasteiger partial charge in [0.2, 0.25) is 0 Å². The van der Waals surface area contributed by atoms with Crippen molar-refractivity contribution >= 4 is 11.6 Å². The highest BCUT2D eigenvalue weighted by Gasteiger charge is 2.31. The highest BCUT2D eigenvalue weighted by molar-refractivity contribution is 6.29. The van der Waals surface area contributed by atoms with Crippen LogP contribution in [0, 0.1) is 6.92 Å². The van der Waals surface area contributed by atoms with Crippen molar-refractivity contribution in [3.8, 4) is 0 Å². The Labute approximate surface area is 118 Å². The van der Waals surface area contributed by atoms with Crippen molar-refractivity contribution in [2.45, 2.75) is 19.1 Å². The van der Waals surface area contributed by atoms with E-state index >= 15 is 0 Å². The van der Waals surface area contributed by atoms with Crippen LogP contribution in [0.4, 0.5) is 13.2 Å². The molecule has 0 saturated carbocycles. The van der Waals surface area contributed by atoms with E-state index in [0.717, 1.165) is 12.1 Å². The number of hydrogen-bond acceptors (Lipinski definition) is 3. The van der Waals surface area contributed by atoms with Crippen LogP contribution < -0.4 is 11.3 Å². The van der Waals surface area contributed by atoms with E-state index in [9.17, 15) is 13.2 Å². The zero-order valence-electron chi connectivity index (χ0n) is 10.5. The summed E-state index contributed by atoms with van der Waals surface area (Å²) in [5, 5.41) is 0.146. The van der Waals surface area contributed by atoms with Crippen LogP contribution in [0.3, 0.4) is 0 Å². The summed E-state index contributed by atoms with van der Waals surface area (Å²) < 4.78 is 42.9. The van der Waals surface area contributed by atoms with Crippen molar-refractivity contribution in [3.63, 3.8) is 0 Å². The minimum Gasteiger partial charge on any atom is -0.453 e. The molecule has 1 unspecified atom stereocenters. The maximum absolute atomic E-state index is 12.6. The summed E-state index contributed by atoms with van der Waals surface area (Å²) >= 11 is 5.88. The number of hydrogen-bond donors (Lipinski definition) is 2. The Morgan fingerprint density at radius 1 is 1.25 bits per heavy atom. The monoisotopic (exact) mass is 304 g/mol. The first-order valence-electron chi connectivity index (χ1n) is 5.71. The first-order chi connectivity index (χ1) is 9.34. The molecule has 0 fully saturated rings. The molecule has 0 aliphatic carbocycles. The topological polar surface area (TPSA) is 51.2 Å². The molecule has 0 aliphatic rings. The average Bonchev–Trinajstić information content (AvgIpc) is 2.77. The van der Waals surface area contributed by atoms with Gasteiger partial charge in [-0.15, -0.1) is 0 Å². The highest BCUT2D eigenvalue weighted by atomic mass is 35.5. The van der Waals surface area contributed by atoms with Crippen molar-refractivity contribution in [2.75, 3.05) is 0 Å². The summed E-state index contributed by atoms with van der Waals surface area (Å²) in [6.45, 7) is 1.59. The second kappa shape index (κ2) is 5.47. The summed E-state index contributed by atoms with van der Waals surface area (Å²) in [5.74, 6) is 5.49. The van der Waals surface area contributed by atoms with Crippen molar-refractivity contribution in [1.82, 2.24) is 5.43 Å². The summed E-state index contributed by atoms with van der Waals surface area (Å²) in [6, 6.07) is 4.55. The molecule has 0 spiro atoms. The van der Waals surface area contributed by atoms with Gasteiger partial charge in [0.15, 0.2) is 5.22 Å². The van der Waals surface area contributed by atoms with Gasteiger partial charge < -0.3 is 4.42 Å². The molecule has 2 aromatic rings. The summed E-state index contributed by atoms with van der Waals surface area (Å²) in [4.78, 5) is 0. The number of hydrazine groups is 1. The van der Waals surface area contributed by atoms with Crippen LogP contribution >= 0.6 is 11.6 Å². The molecule has 7 heteroatoms. The fourth-order valence-electron chi connectivity index (χ4n) is 2.03. The van der Waals surface area contributed by atoms with Crippen LogP contribution in [-0.4, -0.2) is 0 Å². The summed E-state index contributed by atoms with van der Waals surface area (Å²) in [6.07, 6.45) is -2.98. The minimum atomic E-state index is -4.37. The van der Waals surface area contributed by atoms with Gasteiger partial charge in [0.25, 0.3) is 0 Å². The second-order valence-electron chi connectivity index (χ2n) is 4.32. The number of benzene rings is 1. The van der Waals surface area contributed by atoms with Crippen LogP contribution in [0.1, 0.15) is 28.3 Å². The maximum Gasteiger partial charge on any atom is 0.416 e. The molecule has 1 atom stereocenters. The Kier molecular flexibility index (Phi) is 4.08. The van der Waals surface area contributed by atoms with E-state index in [1.54, 1.807) is 13.0 Å². The van der Waals surface area contributed by atoms with E-state index in [-0.39, 0.29) is 5.22 Å². The van der Waals surface area contributed by atoms with Gasteiger partial charge in [0.1, 0.15) is 0 Å². The predicted octanol–water partition coefficient (Wildman–Crippen LogP) is 3.81. The number of alkyl halides is 3. The minimum absolute atomic E-state index is 0.146. The number of halogens is 4. The van der Waals surface area contributed by atoms with Crippen LogP contribution in [0.5, 0.6) is 0 Å². The summed E-state index contributed by atoms with van der Waals surface area (Å²) in [5.41, 5.74) is 3.46. The van der Waals surface area contributed by atoms with Gasteiger partial charge in [-0.1, -0.05) is 6.07 Å². The van der Waals surface area contributed by atoms with E-state index in [2.05, 4.69) is 5.43 Å². The molecule has 0 saturated heterocycles. The Morgan fingerprint density at radius 3 is 2.40 bits per heavy atom. The molecule has 2 rings (SSSR count). The van der Waals surface area contributed by atoms with Crippen molar-refractivity contribution in [1.29, 1.82) is 0 Å². The van der Waals surface area contributed by atoms with Crippen LogP contribution in [0.15, 0.2) is 34.9 Å². The quantitative estimate of drug-likeness (QED) is 0.669. The van der Waals surface area contributed by atoms with E-state index in [1.807, 2.05) is 0 Å². The fourth-order valence-corrected chi connectivity index (χ4v) is 2.26. The van der Waals surface area contributed by atoms with Crippen molar-refractivity contribution < 1.29 is 17.6 Å². The zero-order chi connectivity index (χ0) is 14.9. The van der Waals surface area contributed by atoms with Gasteiger partial charge in [0.05, 0.1) is 17.9 Å². The highest BCUT2D eigenvalue weighted by Crippen LogP contribution is 2.34. The lowest BCUT2D eigenvalue weighted by molar-refractivity contribution is -0.137. The largest absolute Gasteiger partial charge is 0.453 e. The summed E-state index contributed by atoms with van der Waals surface area (Å²) in [7, 11) is 0. The lowest BCUT2D eigenvalue weighted by atomic mass is 9.95. The number of furan rings is 1. The first-order valence-corrected chi connectivity index (χ1v) is 6.09. The molecule has 0 aliphatic heterocycles. The van der Waals surface area contributed by atoms with E-state index in [0.29, 0.717) is 16.7 Å². The standard InChI is InChI=1S/C13H12ClF3N2O/c1-7-6-8(13(15,16)17)2-3-9(7)11(19-18)10-4-5-20-12(10)14/h2-6,11,19H,18H2,1H3. The lowest BCUT2D eigenvalue weighted by Crippen LogP contribution is -2.29. The first kappa shape index (κ1) is 14.9. The molecule has 0 bridgehead atoms. The van der Waals surface area contributed by atoms with Crippen LogP contribution in [0.2, 0.25) is 5.22 Å². The molecule has 0 amide bonds. The molecule has 20 heavy (non-hydrogen) atoms. The number of rotatable bonds is 3. The Balaban J connectivity index is 2.44. The zero-order valence-corrected chi connectivity index (χ0v) is 11.2. The smallest absolute Gasteiger partial charge is 0.416 e. The SMILES string of the molecule is Cc1cc(C(F)(F)F)ccc1C(NN)c1ccoc1Cl. The van der Waals surface area contributed by atoms with E-state index in [4.69, 9.17) is 21.9 Å². The Bertz CT molecular complexity index is 610. The average molecular weight is 305 g/mol. The van der Waals surface area contributed by atoms with Gasteiger partial charge in [-0.05, 0) is 47.9 Å². The van der Waals surface area contributed by atoms with Gasteiger partial charge in [-0.25, -0.2) is 5.43 Å². The van der Waals surface area contributed by atoms with Gasteiger partial charge in [-0.3, -0.25) is 5.84 Å². The fraction of sp³-hybridized carbons (Fsp3) is 0.231. The molecular formula is C13H12ClF3N2O. The number of nitrogens with one attached hydrogen (secondary N) is 1. The molecule has 3 nitrogen and oxygen atoms in total. The van der Waals surface area contributed by atoms with Crippen LogP contribution in [-0.2, 0) is 6.18 Å². The molecule has 1 aromatic carbocycles. The molecule has 1 aromatic heterocycles. The van der Waals surface area contributed by atoms with Gasteiger partial charge in [-0.2, -0.15) is 13.2 Å². The Hall–Kier alpha value is -1.50. The predicted molar refractivity (Wildman–Crippen MR) is 69.1 cm³/mol. The second-order valence-corrected chi connectivity index (χ2v) is 4.66. The van der Waals surface area contributed by atoms with Gasteiger partial charge >= 0.3 is 6.18 Å². The van der Waals surface area contributed by atoms with Crippen molar-refractivity contribution in [3.05, 3.63) is 58.0 Å². The number of aryl methyl sites for hydroxylation is 1. The molecule has 3 N–H and O–H groups in total.